The van der Waals surface area contributed by atoms with Gasteiger partial charge in [0.25, 0.3) is 0 Å². The van der Waals surface area contributed by atoms with Crippen molar-refractivity contribution in [2.75, 3.05) is 13.1 Å². The molecule has 31 heavy (non-hydrogen) atoms. The monoisotopic (exact) mass is 494 g/mol. The number of aliphatic hydroxyl groups is 1. The summed E-state index contributed by atoms with van der Waals surface area (Å²) in [7, 11) is 0. The van der Waals surface area contributed by atoms with Crippen LogP contribution >= 0.6 is 15.9 Å². The lowest BCUT2D eigenvalue weighted by atomic mass is 9.72. The number of rotatable bonds is 4. The van der Waals surface area contributed by atoms with E-state index in [4.69, 9.17) is 4.74 Å². The minimum Gasteiger partial charge on any atom is -0.444 e. The number of carbonyl (C=O) groups is 2. The molecule has 1 unspecified atom stereocenters. The smallest absolute Gasteiger partial charge is 0.407 e. The third kappa shape index (κ3) is 6.45. The highest BCUT2D eigenvalue weighted by Gasteiger charge is 2.45. The Balaban J connectivity index is 1.69. The topological polar surface area (TPSA) is 78.9 Å². The van der Waals surface area contributed by atoms with Crippen LogP contribution in [0.4, 0.5) is 4.79 Å². The van der Waals surface area contributed by atoms with E-state index >= 15 is 0 Å². The molecule has 0 bridgehead atoms. The van der Waals surface area contributed by atoms with Crippen LogP contribution in [0.3, 0.4) is 0 Å². The van der Waals surface area contributed by atoms with Gasteiger partial charge in [-0.25, -0.2) is 4.79 Å². The van der Waals surface area contributed by atoms with Crippen molar-refractivity contribution in [3.63, 3.8) is 0 Å². The van der Waals surface area contributed by atoms with Crippen LogP contribution in [0, 0.1) is 0 Å². The molecule has 6 nitrogen and oxygen atoms in total. The predicted octanol–water partition coefficient (Wildman–Crippen LogP) is 4.74. The number of nitrogens with one attached hydrogen (secondary N) is 1. The quantitative estimate of drug-likeness (QED) is 0.633. The number of hydrogen-bond donors (Lipinski definition) is 2. The number of piperidine rings is 1. The Bertz CT molecular complexity index is 778. The van der Waals surface area contributed by atoms with Crippen molar-refractivity contribution in [3.8, 4) is 0 Å². The fraction of sp³-hybridized carbons (Fsp3) is 0.667. The van der Waals surface area contributed by atoms with E-state index in [-0.39, 0.29) is 11.9 Å². The van der Waals surface area contributed by atoms with Crippen LogP contribution < -0.4 is 5.32 Å². The maximum atomic E-state index is 13.7. The Labute approximate surface area is 193 Å². The Kier molecular flexibility index (Phi) is 7.68. The predicted molar refractivity (Wildman–Crippen MR) is 124 cm³/mol. The summed E-state index contributed by atoms with van der Waals surface area (Å²) in [4.78, 5) is 27.6. The van der Waals surface area contributed by atoms with Gasteiger partial charge in [-0.1, -0.05) is 47.3 Å². The van der Waals surface area contributed by atoms with Gasteiger partial charge in [0, 0.05) is 23.6 Å². The Morgan fingerprint density at radius 1 is 1.19 bits per heavy atom. The third-order valence-electron chi connectivity index (χ3n) is 6.21. The maximum Gasteiger partial charge on any atom is 0.407 e. The zero-order valence-electron chi connectivity index (χ0n) is 18.8. The van der Waals surface area contributed by atoms with Gasteiger partial charge in [-0.3, -0.25) is 4.79 Å². The van der Waals surface area contributed by atoms with Crippen molar-refractivity contribution >= 4 is 27.9 Å². The summed E-state index contributed by atoms with van der Waals surface area (Å²) < 4.78 is 6.25. The molecule has 1 atom stereocenters. The van der Waals surface area contributed by atoms with Crippen molar-refractivity contribution in [1.29, 1.82) is 0 Å². The molecule has 0 spiro atoms. The summed E-state index contributed by atoms with van der Waals surface area (Å²) in [6.45, 7) is 6.63. The summed E-state index contributed by atoms with van der Waals surface area (Å²) in [5, 5.41) is 14.4. The van der Waals surface area contributed by atoms with Crippen molar-refractivity contribution in [1.82, 2.24) is 10.2 Å². The van der Waals surface area contributed by atoms with Crippen LogP contribution in [0.5, 0.6) is 0 Å². The standard InChI is InChI=1S/C24H35BrN2O4/c1-23(2,3)31-22(29)26-19-10-14-27(15-11-19)21(28)20(17-8-7-9-18(25)16-17)24(30)12-5-4-6-13-24/h7-9,16,19-20,30H,4-6,10-15H2,1-3H3,(H,26,29). The van der Waals surface area contributed by atoms with Gasteiger partial charge < -0.3 is 20.1 Å². The number of carbonyl (C=O) groups excluding carboxylic acids is 2. The fourth-order valence-electron chi connectivity index (χ4n) is 4.72. The van der Waals surface area contributed by atoms with Crippen molar-refractivity contribution in [2.24, 2.45) is 0 Å². The fourth-order valence-corrected chi connectivity index (χ4v) is 5.14. The van der Waals surface area contributed by atoms with Crippen molar-refractivity contribution < 1.29 is 19.4 Å². The summed E-state index contributed by atoms with van der Waals surface area (Å²) in [6.07, 6.45) is 5.21. The van der Waals surface area contributed by atoms with E-state index in [0.29, 0.717) is 38.8 Å². The van der Waals surface area contributed by atoms with E-state index in [1.165, 1.54) is 0 Å². The van der Waals surface area contributed by atoms with Crippen LogP contribution in [-0.4, -0.2) is 52.3 Å². The lowest BCUT2D eigenvalue weighted by Crippen LogP contribution is -2.52. The largest absolute Gasteiger partial charge is 0.444 e. The second kappa shape index (κ2) is 9.90. The summed E-state index contributed by atoms with van der Waals surface area (Å²) in [5.41, 5.74) is -0.687. The van der Waals surface area contributed by atoms with Gasteiger partial charge in [0.15, 0.2) is 0 Å². The minimum absolute atomic E-state index is 0.0130. The average Bonchev–Trinajstić information content (AvgIpc) is 2.67. The van der Waals surface area contributed by atoms with Gasteiger partial charge in [-0.15, -0.1) is 0 Å². The molecule has 1 aromatic carbocycles. The average molecular weight is 495 g/mol. The first-order valence-corrected chi connectivity index (χ1v) is 12.1. The first kappa shape index (κ1) is 24.1. The highest BCUT2D eigenvalue weighted by molar-refractivity contribution is 9.10. The number of nitrogens with zero attached hydrogens (tertiary/aromatic N) is 1. The number of hydrogen-bond acceptors (Lipinski definition) is 4. The van der Waals surface area contributed by atoms with Gasteiger partial charge in [0.2, 0.25) is 5.91 Å². The lowest BCUT2D eigenvalue weighted by Gasteiger charge is -2.42. The number of ether oxygens (including phenoxy) is 1. The van der Waals surface area contributed by atoms with Crippen LogP contribution in [-0.2, 0) is 9.53 Å². The van der Waals surface area contributed by atoms with Gasteiger partial charge in [-0.2, -0.15) is 0 Å². The van der Waals surface area contributed by atoms with E-state index < -0.39 is 23.2 Å². The number of halogens is 1. The molecular weight excluding hydrogens is 460 g/mol. The van der Waals surface area contributed by atoms with Crippen LogP contribution in [0.15, 0.2) is 28.7 Å². The highest BCUT2D eigenvalue weighted by atomic mass is 79.9. The molecule has 1 saturated carbocycles. The van der Waals surface area contributed by atoms with Crippen LogP contribution in [0.2, 0.25) is 0 Å². The molecule has 0 aromatic heterocycles. The van der Waals surface area contributed by atoms with Gasteiger partial charge in [-0.05, 0) is 64.2 Å². The Morgan fingerprint density at radius 2 is 1.84 bits per heavy atom. The van der Waals surface area contributed by atoms with E-state index in [1.54, 1.807) is 0 Å². The van der Waals surface area contributed by atoms with Crippen LogP contribution in [0.1, 0.15) is 77.2 Å². The summed E-state index contributed by atoms with van der Waals surface area (Å²) in [5.74, 6) is -0.584. The molecule has 2 fully saturated rings. The molecule has 1 aromatic rings. The molecule has 7 heteroatoms. The van der Waals surface area contributed by atoms with Crippen molar-refractivity contribution in [2.45, 2.75) is 88.9 Å². The van der Waals surface area contributed by atoms with E-state index in [1.807, 2.05) is 49.9 Å². The zero-order chi connectivity index (χ0) is 22.6. The Morgan fingerprint density at radius 3 is 2.42 bits per heavy atom. The molecule has 2 amide bonds. The van der Waals surface area contributed by atoms with E-state index in [9.17, 15) is 14.7 Å². The maximum absolute atomic E-state index is 13.7. The normalized spacial score (nSPS) is 20.7. The van der Waals surface area contributed by atoms with E-state index in [0.717, 1.165) is 29.3 Å². The number of benzene rings is 1. The lowest BCUT2D eigenvalue weighted by molar-refractivity contribution is -0.142. The minimum atomic E-state index is -1.01. The zero-order valence-corrected chi connectivity index (χ0v) is 20.4. The van der Waals surface area contributed by atoms with Crippen molar-refractivity contribution in [3.05, 3.63) is 34.3 Å². The molecule has 2 aliphatic rings. The molecule has 172 valence electrons. The second-order valence-electron chi connectivity index (χ2n) is 9.90. The molecule has 1 heterocycles. The van der Waals surface area contributed by atoms with Crippen LogP contribution in [0.25, 0.3) is 0 Å². The summed E-state index contributed by atoms with van der Waals surface area (Å²) >= 11 is 3.51. The Hall–Kier alpha value is -1.60. The third-order valence-corrected chi connectivity index (χ3v) is 6.71. The SMILES string of the molecule is CC(C)(C)OC(=O)NC1CCN(C(=O)C(c2cccc(Br)c2)C2(O)CCCCC2)CC1. The van der Waals surface area contributed by atoms with Gasteiger partial charge in [0.05, 0.1) is 11.5 Å². The molecular formula is C24H35BrN2O4. The first-order valence-electron chi connectivity index (χ1n) is 11.3. The molecule has 1 saturated heterocycles. The summed E-state index contributed by atoms with van der Waals surface area (Å²) in [6, 6.07) is 7.73. The number of alkyl carbamates (subject to hydrolysis) is 1. The number of amides is 2. The highest BCUT2D eigenvalue weighted by Crippen LogP contribution is 2.42. The molecule has 2 N–H and O–H groups in total. The molecule has 3 rings (SSSR count). The van der Waals surface area contributed by atoms with Gasteiger partial charge >= 0.3 is 6.09 Å². The molecule has 0 radical (unpaired) electrons. The second-order valence-corrected chi connectivity index (χ2v) is 10.8. The van der Waals surface area contributed by atoms with Gasteiger partial charge in [0.1, 0.15) is 5.60 Å². The first-order chi connectivity index (χ1) is 14.6. The van der Waals surface area contributed by atoms with E-state index in [2.05, 4.69) is 21.2 Å². The molecule has 1 aliphatic heterocycles. The number of likely N-dealkylation sites (tertiary alicyclic amines) is 1. The molecule has 1 aliphatic carbocycles.